The minimum atomic E-state index is 0.295. The molecule has 0 spiro atoms. The molecule has 1 saturated carbocycles. The molecule has 2 N–H and O–H groups in total. The lowest BCUT2D eigenvalue weighted by Crippen LogP contribution is -2.41. The molecular weight excluding hydrogens is 234 g/mol. The van der Waals surface area contributed by atoms with Crippen LogP contribution < -0.4 is 5.73 Å². The molecule has 0 aliphatic heterocycles. The molecule has 3 nitrogen and oxygen atoms in total. The lowest BCUT2D eigenvalue weighted by Gasteiger charge is -2.39. The molecule has 1 fully saturated rings. The summed E-state index contributed by atoms with van der Waals surface area (Å²) >= 11 is 0. The zero-order valence-corrected chi connectivity index (χ0v) is 12.5. The quantitative estimate of drug-likeness (QED) is 0.906. The van der Waals surface area contributed by atoms with Crippen LogP contribution in [-0.4, -0.2) is 29.5 Å². The van der Waals surface area contributed by atoms with Gasteiger partial charge in [-0.3, -0.25) is 9.88 Å². The average molecular weight is 261 g/mol. The highest BCUT2D eigenvalue weighted by molar-refractivity contribution is 5.25. The number of hydrogen-bond acceptors (Lipinski definition) is 3. The predicted molar refractivity (Wildman–Crippen MR) is 80.0 cm³/mol. The van der Waals surface area contributed by atoms with Gasteiger partial charge in [-0.1, -0.05) is 19.8 Å². The van der Waals surface area contributed by atoms with Gasteiger partial charge in [0, 0.05) is 31.0 Å². The smallest absolute Gasteiger partial charge is 0.0488 e. The molecule has 0 radical (unpaired) electrons. The lowest BCUT2D eigenvalue weighted by molar-refractivity contribution is 0.120. The number of likely N-dealkylation sites (N-methyl/N-ethyl adjacent to an activating group) is 1. The summed E-state index contributed by atoms with van der Waals surface area (Å²) in [5.41, 5.74) is 8.62. The predicted octanol–water partition coefficient (Wildman–Crippen LogP) is 2.90. The van der Waals surface area contributed by atoms with Crippen LogP contribution in [0.15, 0.2) is 18.5 Å². The summed E-state index contributed by atoms with van der Waals surface area (Å²) in [4.78, 5) is 6.76. The molecule has 3 heteroatoms. The van der Waals surface area contributed by atoms with E-state index in [4.69, 9.17) is 5.73 Å². The fraction of sp³-hybridized carbons (Fsp3) is 0.688. The van der Waals surface area contributed by atoms with E-state index < -0.39 is 0 Å². The summed E-state index contributed by atoms with van der Waals surface area (Å²) in [6.07, 6.45) is 9.16. The number of rotatable bonds is 4. The van der Waals surface area contributed by atoms with Crippen LogP contribution in [0.5, 0.6) is 0 Å². The summed E-state index contributed by atoms with van der Waals surface area (Å²) in [5.74, 6) is 0.842. The van der Waals surface area contributed by atoms with E-state index >= 15 is 0 Å². The molecule has 1 heterocycles. The molecule has 106 valence electrons. The number of aromatic nitrogens is 1. The second kappa shape index (κ2) is 6.49. The highest BCUT2D eigenvalue weighted by Crippen LogP contribution is 2.31. The molecule has 3 unspecified atom stereocenters. The first-order chi connectivity index (χ1) is 9.13. The third-order valence-corrected chi connectivity index (χ3v) is 4.64. The second-order valence-electron chi connectivity index (χ2n) is 6.07. The molecule has 0 amide bonds. The van der Waals surface area contributed by atoms with E-state index in [1.165, 1.54) is 36.8 Å². The van der Waals surface area contributed by atoms with E-state index in [2.05, 4.69) is 36.8 Å². The van der Waals surface area contributed by atoms with Gasteiger partial charge in [-0.25, -0.2) is 0 Å². The monoisotopic (exact) mass is 261 g/mol. The van der Waals surface area contributed by atoms with Crippen molar-refractivity contribution >= 4 is 0 Å². The Balaban J connectivity index is 2.15. The number of aryl methyl sites for hydroxylation is 1. The number of nitrogens with two attached hydrogens (primary N) is 1. The maximum absolute atomic E-state index is 6.05. The standard InChI is InChI=1S/C16H27N3/c1-12-5-4-6-14(9-12)19(3)16(10-17)15-11-18-8-7-13(15)2/h7-8,11-12,14,16H,4-6,9-10,17H2,1-3H3. The third kappa shape index (κ3) is 3.34. The first-order valence-corrected chi connectivity index (χ1v) is 7.46. The molecule has 1 aromatic heterocycles. The van der Waals surface area contributed by atoms with Gasteiger partial charge in [-0.05, 0) is 49.9 Å². The van der Waals surface area contributed by atoms with E-state index in [-0.39, 0.29) is 0 Å². The van der Waals surface area contributed by atoms with Crippen LogP contribution in [0.2, 0.25) is 0 Å². The zero-order valence-electron chi connectivity index (χ0n) is 12.5. The van der Waals surface area contributed by atoms with E-state index in [0.29, 0.717) is 18.6 Å². The van der Waals surface area contributed by atoms with Crippen LogP contribution >= 0.6 is 0 Å². The summed E-state index contributed by atoms with van der Waals surface area (Å²) in [6, 6.07) is 3.04. The molecule has 19 heavy (non-hydrogen) atoms. The van der Waals surface area contributed by atoms with Crippen LogP contribution in [0.25, 0.3) is 0 Å². The molecular formula is C16H27N3. The van der Waals surface area contributed by atoms with Gasteiger partial charge in [-0.15, -0.1) is 0 Å². The summed E-state index contributed by atoms with van der Waals surface area (Å²) in [5, 5.41) is 0. The Hall–Kier alpha value is -0.930. The van der Waals surface area contributed by atoms with Crippen LogP contribution in [0.3, 0.4) is 0 Å². The fourth-order valence-corrected chi connectivity index (χ4v) is 3.36. The van der Waals surface area contributed by atoms with Gasteiger partial charge in [0.05, 0.1) is 0 Å². The molecule has 0 aromatic carbocycles. The van der Waals surface area contributed by atoms with Crippen molar-refractivity contribution in [3.05, 3.63) is 29.6 Å². The number of pyridine rings is 1. The normalized spacial score (nSPS) is 25.5. The van der Waals surface area contributed by atoms with Crippen molar-refractivity contribution in [1.82, 2.24) is 9.88 Å². The SMILES string of the molecule is Cc1ccncc1C(CN)N(C)C1CCCC(C)C1. The Kier molecular flexibility index (Phi) is 4.94. The van der Waals surface area contributed by atoms with Crippen molar-refractivity contribution in [3.8, 4) is 0 Å². The van der Waals surface area contributed by atoms with Gasteiger partial charge in [0.15, 0.2) is 0 Å². The average Bonchev–Trinajstić information content (AvgIpc) is 2.41. The van der Waals surface area contributed by atoms with Gasteiger partial charge in [0.2, 0.25) is 0 Å². The Morgan fingerprint density at radius 1 is 1.47 bits per heavy atom. The van der Waals surface area contributed by atoms with Crippen LogP contribution in [-0.2, 0) is 0 Å². The van der Waals surface area contributed by atoms with Crippen molar-refractivity contribution in [2.45, 2.75) is 51.6 Å². The molecule has 0 saturated heterocycles. The number of nitrogens with zero attached hydrogens (tertiary/aromatic N) is 2. The minimum Gasteiger partial charge on any atom is -0.329 e. The first kappa shape index (κ1) is 14.5. The lowest BCUT2D eigenvalue weighted by atomic mass is 9.85. The Labute approximate surface area is 117 Å². The maximum atomic E-state index is 6.05. The van der Waals surface area contributed by atoms with Gasteiger partial charge in [-0.2, -0.15) is 0 Å². The first-order valence-electron chi connectivity index (χ1n) is 7.46. The second-order valence-corrected chi connectivity index (χ2v) is 6.07. The maximum Gasteiger partial charge on any atom is 0.0488 e. The van der Waals surface area contributed by atoms with E-state index in [1.54, 1.807) is 0 Å². The van der Waals surface area contributed by atoms with Crippen molar-refractivity contribution < 1.29 is 0 Å². The Morgan fingerprint density at radius 3 is 2.89 bits per heavy atom. The molecule has 3 atom stereocenters. The van der Waals surface area contributed by atoms with E-state index in [1.807, 2.05) is 12.4 Å². The van der Waals surface area contributed by atoms with E-state index in [0.717, 1.165) is 5.92 Å². The highest BCUT2D eigenvalue weighted by atomic mass is 15.2. The van der Waals surface area contributed by atoms with Gasteiger partial charge >= 0.3 is 0 Å². The van der Waals surface area contributed by atoms with Crippen molar-refractivity contribution in [1.29, 1.82) is 0 Å². The van der Waals surface area contributed by atoms with Gasteiger partial charge < -0.3 is 5.73 Å². The Bertz CT molecular complexity index is 405. The largest absolute Gasteiger partial charge is 0.329 e. The Morgan fingerprint density at radius 2 is 2.26 bits per heavy atom. The van der Waals surface area contributed by atoms with Gasteiger partial charge in [0.1, 0.15) is 0 Å². The summed E-state index contributed by atoms with van der Waals surface area (Å²) in [7, 11) is 2.23. The molecule has 1 aliphatic carbocycles. The molecule has 0 bridgehead atoms. The van der Waals surface area contributed by atoms with Gasteiger partial charge in [0.25, 0.3) is 0 Å². The molecule has 1 aliphatic rings. The summed E-state index contributed by atoms with van der Waals surface area (Å²) in [6.45, 7) is 5.18. The minimum absolute atomic E-state index is 0.295. The summed E-state index contributed by atoms with van der Waals surface area (Å²) < 4.78 is 0. The molecule has 2 rings (SSSR count). The van der Waals surface area contributed by atoms with Crippen LogP contribution in [0.1, 0.15) is 49.8 Å². The van der Waals surface area contributed by atoms with Crippen LogP contribution in [0.4, 0.5) is 0 Å². The van der Waals surface area contributed by atoms with Crippen molar-refractivity contribution in [2.75, 3.05) is 13.6 Å². The van der Waals surface area contributed by atoms with Crippen LogP contribution in [0, 0.1) is 12.8 Å². The van der Waals surface area contributed by atoms with Crippen molar-refractivity contribution in [2.24, 2.45) is 11.7 Å². The fourth-order valence-electron chi connectivity index (χ4n) is 3.36. The molecule has 1 aromatic rings. The number of hydrogen-bond donors (Lipinski definition) is 1. The highest BCUT2D eigenvalue weighted by Gasteiger charge is 2.27. The van der Waals surface area contributed by atoms with Crippen molar-refractivity contribution in [3.63, 3.8) is 0 Å². The third-order valence-electron chi connectivity index (χ3n) is 4.64. The zero-order chi connectivity index (χ0) is 13.8. The van der Waals surface area contributed by atoms with E-state index in [9.17, 15) is 0 Å². The topological polar surface area (TPSA) is 42.1 Å².